The number of rotatable bonds is 6. The Morgan fingerprint density at radius 3 is 2.40 bits per heavy atom. The van der Waals surface area contributed by atoms with Crippen molar-refractivity contribution in [1.82, 2.24) is 10.6 Å². The first-order valence-electron chi connectivity index (χ1n) is 5.41. The standard InChI is InChI=1S/C11H24N2OS/c1-9(2)11(3,4)8-13-10(15)12-6-7-14-5/h9H,6-8H2,1-5H3,(H2,12,13,15). The predicted octanol–water partition coefficient (Wildman–Crippen LogP) is 1.78. The monoisotopic (exact) mass is 232 g/mol. The second-order valence-corrected chi connectivity index (χ2v) is 5.15. The van der Waals surface area contributed by atoms with Gasteiger partial charge >= 0.3 is 0 Å². The van der Waals surface area contributed by atoms with E-state index in [2.05, 4.69) is 38.3 Å². The molecule has 0 heterocycles. The minimum atomic E-state index is 0.257. The Bertz CT molecular complexity index is 193. The maximum absolute atomic E-state index is 5.14. The molecule has 0 saturated carbocycles. The Morgan fingerprint density at radius 2 is 1.93 bits per heavy atom. The first-order chi connectivity index (χ1) is 6.90. The highest BCUT2D eigenvalue weighted by Gasteiger charge is 2.21. The summed E-state index contributed by atoms with van der Waals surface area (Å²) in [6.45, 7) is 11.3. The molecule has 0 spiro atoms. The maximum Gasteiger partial charge on any atom is 0.166 e. The smallest absolute Gasteiger partial charge is 0.166 e. The number of methoxy groups -OCH3 is 1. The highest BCUT2D eigenvalue weighted by atomic mass is 32.1. The van der Waals surface area contributed by atoms with E-state index >= 15 is 0 Å². The molecule has 0 rings (SSSR count). The van der Waals surface area contributed by atoms with Crippen LogP contribution in [0.1, 0.15) is 27.7 Å². The zero-order valence-electron chi connectivity index (χ0n) is 10.5. The van der Waals surface area contributed by atoms with Crippen molar-refractivity contribution in [2.75, 3.05) is 26.8 Å². The summed E-state index contributed by atoms with van der Waals surface area (Å²) in [4.78, 5) is 0. The second-order valence-electron chi connectivity index (χ2n) is 4.75. The van der Waals surface area contributed by atoms with Gasteiger partial charge in [-0.15, -0.1) is 0 Å². The minimum Gasteiger partial charge on any atom is -0.383 e. The number of ether oxygens (including phenoxy) is 1. The Hall–Kier alpha value is -0.350. The van der Waals surface area contributed by atoms with Crippen molar-refractivity contribution in [2.24, 2.45) is 11.3 Å². The van der Waals surface area contributed by atoms with E-state index in [1.54, 1.807) is 7.11 Å². The highest BCUT2D eigenvalue weighted by Crippen LogP contribution is 2.24. The Labute approximate surface area is 99.0 Å². The van der Waals surface area contributed by atoms with E-state index in [9.17, 15) is 0 Å². The molecular weight excluding hydrogens is 208 g/mol. The molecule has 4 heteroatoms. The lowest BCUT2D eigenvalue weighted by Gasteiger charge is -2.30. The summed E-state index contributed by atoms with van der Waals surface area (Å²) in [5.74, 6) is 0.631. The van der Waals surface area contributed by atoms with Gasteiger partial charge in [0, 0.05) is 20.2 Å². The minimum absolute atomic E-state index is 0.257. The van der Waals surface area contributed by atoms with E-state index in [4.69, 9.17) is 17.0 Å². The molecule has 0 aromatic rings. The summed E-state index contributed by atoms with van der Waals surface area (Å²) in [5.41, 5.74) is 0.257. The molecule has 0 aliphatic heterocycles. The summed E-state index contributed by atoms with van der Waals surface area (Å²) in [6, 6.07) is 0. The number of thiocarbonyl (C=S) groups is 1. The molecule has 0 aliphatic rings. The van der Waals surface area contributed by atoms with Gasteiger partial charge in [0.25, 0.3) is 0 Å². The second kappa shape index (κ2) is 7.01. The van der Waals surface area contributed by atoms with Crippen molar-refractivity contribution in [3.05, 3.63) is 0 Å². The lowest BCUT2D eigenvalue weighted by molar-refractivity contribution is 0.203. The van der Waals surface area contributed by atoms with Crippen molar-refractivity contribution >= 4 is 17.3 Å². The summed E-state index contributed by atoms with van der Waals surface area (Å²) >= 11 is 5.14. The molecule has 0 fully saturated rings. The van der Waals surface area contributed by atoms with Crippen LogP contribution in [0.4, 0.5) is 0 Å². The summed E-state index contributed by atoms with van der Waals surface area (Å²) < 4.78 is 4.93. The van der Waals surface area contributed by atoms with E-state index < -0.39 is 0 Å². The van der Waals surface area contributed by atoms with Crippen LogP contribution in [0, 0.1) is 11.3 Å². The molecule has 0 amide bonds. The van der Waals surface area contributed by atoms with Crippen molar-refractivity contribution in [1.29, 1.82) is 0 Å². The van der Waals surface area contributed by atoms with Crippen LogP contribution in [-0.2, 0) is 4.74 Å². The van der Waals surface area contributed by atoms with Crippen LogP contribution in [-0.4, -0.2) is 31.9 Å². The first kappa shape index (κ1) is 14.6. The predicted molar refractivity (Wildman–Crippen MR) is 69.1 cm³/mol. The molecule has 0 bridgehead atoms. The average molecular weight is 232 g/mol. The van der Waals surface area contributed by atoms with Gasteiger partial charge in [0.1, 0.15) is 0 Å². The van der Waals surface area contributed by atoms with Gasteiger partial charge in [-0.25, -0.2) is 0 Å². The van der Waals surface area contributed by atoms with Crippen LogP contribution in [0.3, 0.4) is 0 Å². The van der Waals surface area contributed by atoms with Gasteiger partial charge in [-0.3, -0.25) is 0 Å². The van der Waals surface area contributed by atoms with Gasteiger partial charge < -0.3 is 15.4 Å². The van der Waals surface area contributed by atoms with Gasteiger partial charge in [-0.1, -0.05) is 27.7 Å². The van der Waals surface area contributed by atoms with Gasteiger partial charge in [0.15, 0.2) is 5.11 Å². The third-order valence-electron chi connectivity index (χ3n) is 2.86. The molecule has 3 nitrogen and oxygen atoms in total. The van der Waals surface area contributed by atoms with Crippen LogP contribution in [0.25, 0.3) is 0 Å². The van der Waals surface area contributed by atoms with Crippen LogP contribution >= 0.6 is 12.2 Å². The van der Waals surface area contributed by atoms with Crippen LogP contribution < -0.4 is 10.6 Å². The lowest BCUT2D eigenvalue weighted by Crippen LogP contribution is -2.43. The molecule has 0 radical (unpaired) electrons. The molecule has 0 aromatic heterocycles. The lowest BCUT2D eigenvalue weighted by atomic mass is 9.81. The molecule has 0 saturated heterocycles. The quantitative estimate of drug-likeness (QED) is 0.540. The molecule has 0 atom stereocenters. The molecule has 0 aromatic carbocycles. The van der Waals surface area contributed by atoms with E-state index in [1.807, 2.05) is 0 Å². The molecule has 15 heavy (non-hydrogen) atoms. The SMILES string of the molecule is COCCNC(=S)NCC(C)(C)C(C)C. The van der Waals surface area contributed by atoms with Gasteiger partial charge in [0.2, 0.25) is 0 Å². The number of hydrogen-bond donors (Lipinski definition) is 2. The van der Waals surface area contributed by atoms with Crippen molar-refractivity contribution in [3.8, 4) is 0 Å². The maximum atomic E-state index is 5.14. The van der Waals surface area contributed by atoms with Crippen molar-refractivity contribution in [3.63, 3.8) is 0 Å². The van der Waals surface area contributed by atoms with Crippen LogP contribution in [0.15, 0.2) is 0 Å². The summed E-state index contributed by atoms with van der Waals surface area (Å²) in [6.07, 6.45) is 0. The van der Waals surface area contributed by atoms with E-state index in [0.717, 1.165) is 13.1 Å². The van der Waals surface area contributed by atoms with E-state index in [-0.39, 0.29) is 5.41 Å². The molecule has 0 unspecified atom stereocenters. The summed E-state index contributed by atoms with van der Waals surface area (Å²) in [5, 5.41) is 7.03. The van der Waals surface area contributed by atoms with Gasteiger partial charge in [-0.2, -0.15) is 0 Å². The van der Waals surface area contributed by atoms with Crippen LogP contribution in [0.5, 0.6) is 0 Å². The van der Waals surface area contributed by atoms with Crippen molar-refractivity contribution in [2.45, 2.75) is 27.7 Å². The third-order valence-corrected chi connectivity index (χ3v) is 3.15. The van der Waals surface area contributed by atoms with Crippen molar-refractivity contribution < 1.29 is 4.74 Å². The Kier molecular flexibility index (Phi) is 6.85. The molecule has 90 valence electrons. The average Bonchev–Trinajstić information content (AvgIpc) is 2.15. The third kappa shape index (κ3) is 6.68. The Morgan fingerprint density at radius 1 is 1.33 bits per heavy atom. The largest absolute Gasteiger partial charge is 0.383 e. The number of nitrogens with one attached hydrogen (secondary N) is 2. The first-order valence-corrected chi connectivity index (χ1v) is 5.81. The molecule has 2 N–H and O–H groups in total. The zero-order valence-corrected chi connectivity index (χ0v) is 11.3. The van der Waals surface area contributed by atoms with E-state index in [0.29, 0.717) is 17.6 Å². The fourth-order valence-electron chi connectivity index (χ4n) is 0.841. The fourth-order valence-corrected chi connectivity index (χ4v) is 1.02. The zero-order chi connectivity index (χ0) is 11.9. The Balaban J connectivity index is 3.71. The van der Waals surface area contributed by atoms with Crippen LogP contribution in [0.2, 0.25) is 0 Å². The van der Waals surface area contributed by atoms with Gasteiger partial charge in [0.05, 0.1) is 6.61 Å². The van der Waals surface area contributed by atoms with E-state index in [1.165, 1.54) is 0 Å². The fraction of sp³-hybridized carbons (Fsp3) is 0.909. The number of hydrogen-bond acceptors (Lipinski definition) is 2. The molecular formula is C11H24N2OS. The molecule has 0 aliphatic carbocycles. The summed E-state index contributed by atoms with van der Waals surface area (Å²) in [7, 11) is 1.68. The van der Waals surface area contributed by atoms with Gasteiger partial charge in [-0.05, 0) is 23.6 Å². The normalized spacial score (nSPS) is 11.6. The highest BCUT2D eigenvalue weighted by molar-refractivity contribution is 7.80. The topological polar surface area (TPSA) is 33.3 Å².